The normalized spacial score (nSPS) is 14.0. The molecule has 10 nitrogen and oxygen atoms in total. The molecule has 3 aromatic rings. The van der Waals surface area contributed by atoms with Gasteiger partial charge in [-0.15, -0.1) is 0 Å². The molecule has 2 aromatic heterocycles. The number of benzene rings is 1. The lowest BCUT2D eigenvalue weighted by Gasteiger charge is -2.34. The number of anilines is 1. The highest BCUT2D eigenvalue weighted by atomic mass is 19.4. The van der Waals surface area contributed by atoms with Crippen LogP contribution in [0.3, 0.4) is 0 Å². The zero-order chi connectivity index (χ0) is 28.0. The van der Waals surface area contributed by atoms with Gasteiger partial charge in [0.05, 0.1) is 30.3 Å². The highest BCUT2D eigenvalue weighted by Crippen LogP contribution is 2.33. The molecule has 1 aromatic carbocycles. The van der Waals surface area contributed by atoms with Crippen molar-refractivity contribution >= 4 is 17.5 Å². The van der Waals surface area contributed by atoms with Gasteiger partial charge in [-0.1, -0.05) is 5.92 Å². The maximum Gasteiger partial charge on any atom is 0.432 e. The van der Waals surface area contributed by atoms with Crippen LogP contribution in [-0.2, 0) is 22.8 Å². The van der Waals surface area contributed by atoms with Crippen LogP contribution in [0.5, 0.6) is 5.75 Å². The SMILES string of the molecule is CC(=O)N1CCN(CCCOc2ccc(-c3ncc(C(F)(F)F)[nH]3)cc2NC(=O)C#Cc2cnn(C)c2)CC1. The highest BCUT2D eigenvalue weighted by Gasteiger charge is 2.33. The smallest absolute Gasteiger partial charge is 0.432 e. The van der Waals surface area contributed by atoms with Gasteiger partial charge in [0.1, 0.15) is 17.3 Å². The lowest BCUT2D eigenvalue weighted by molar-refractivity contribution is -0.140. The summed E-state index contributed by atoms with van der Waals surface area (Å²) in [5, 5.41) is 6.66. The summed E-state index contributed by atoms with van der Waals surface area (Å²) in [6.45, 7) is 5.64. The second kappa shape index (κ2) is 12.0. The Balaban J connectivity index is 1.44. The van der Waals surface area contributed by atoms with E-state index >= 15 is 0 Å². The van der Waals surface area contributed by atoms with E-state index in [4.69, 9.17) is 4.74 Å². The van der Waals surface area contributed by atoms with Gasteiger partial charge in [-0.25, -0.2) is 4.98 Å². The van der Waals surface area contributed by atoms with Gasteiger partial charge in [-0.2, -0.15) is 18.3 Å². The molecule has 2 amide bonds. The van der Waals surface area contributed by atoms with E-state index in [1.165, 1.54) is 12.3 Å². The number of hydrogen-bond donors (Lipinski definition) is 2. The molecule has 2 N–H and O–H groups in total. The summed E-state index contributed by atoms with van der Waals surface area (Å²) in [5.41, 5.74) is 0.155. The summed E-state index contributed by atoms with van der Waals surface area (Å²) in [4.78, 5) is 34.2. The molecule has 39 heavy (non-hydrogen) atoms. The number of nitrogens with one attached hydrogen (secondary N) is 2. The Labute approximate surface area is 223 Å². The fourth-order valence-corrected chi connectivity index (χ4v) is 4.04. The van der Waals surface area contributed by atoms with E-state index < -0.39 is 17.8 Å². The Bertz CT molecular complexity index is 1380. The highest BCUT2D eigenvalue weighted by molar-refractivity contribution is 6.05. The summed E-state index contributed by atoms with van der Waals surface area (Å²) < 4.78 is 46.6. The van der Waals surface area contributed by atoms with E-state index in [1.807, 2.05) is 4.90 Å². The van der Waals surface area contributed by atoms with Crippen molar-refractivity contribution in [1.82, 2.24) is 29.5 Å². The number of carbonyl (C=O) groups excluding carboxylic acids is 2. The molecule has 0 aliphatic carbocycles. The van der Waals surface area contributed by atoms with Crippen LogP contribution in [0.2, 0.25) is 0 Å². The third-order valence-electron chi connectivity index (χ3n) is 6.10. The molecular weight excluding hydrogens is 515 g/mol. The van der Waals surface area contributed by atoms with Crippen molar-refractivity contribution in [2.45, 2.75) is 19.5 Å². The minimum Gasteiger partial charge on any atom is -0.491 e. The molecule has 0 spiro atoms. The van der Waals surface area contributed by atoms with Gasteiger partial charge in [0.15, 0.2) is 0 Å². The number of alkyl halides is 3. The maximum absolute atomic E-state index is 13.0. The van der Waals surface area contributed by atoms with Crippen LogP contribution < -0.4 is 10.1 Å². The van der Waals surface area contributed by atoms with Gasteiger partial charge >= 0.3 is 12.1 Å². The van der Waals surface area contributed by atoms with Crippen molar-refractivity contribution in [3.63, 3.8) is 0 Å². The molecule has 1 fully saturated rings. The predicted molar refractivity (Wildman–Crippen MR) is 137 cm³/mol. The summed E-state index contributed by atoms with van der Waals surface area (Å²) in [6.07, 6.45) is 0.0256. The molecule has 3 heterocycles. The minimum atomic E-state index is -4.56. The van der Waals surface area contributed by atoms with Crippen LogP contribution in [0.4, 0.5) is 18.9 Å². The average Bonchev–Trinajstić information content (AvgIpc) is 3.56. The molecule has 1 saturated heterocycles. The number of aromatic amines is 1. The lowest BCUT2D eigenvalue weighted by Crippen LogP contribution is -2.48. The summed E-state index contributed by atoms with van der Waals surface area (Å²) >= 11 is 0. The monoisotopic (exact) mass is 543 g/mol. The van der Waals surface area contributed by atoms with Crippen molar-refractivity contribution in [3.05, 3.63) is 48.0 Å². The van der Waals surface area contributed by atoms with Gasteiger partial charge in [0.2, 0.25) is 5.91 Å². The van der Waals surface area contributed by atoms with Gasteiger partial charge in [-0.3, -0.25) is 19.2 Å². The number of H-pyrrole nitrogens is 1. The number of ether oxygens (including phenoxy) is 1. The number of aryl methyl sites for hydroxylation is 1. The number of rotatable bonds is 7. The lowest BCUT2D eigenvalue weighted by atomic mass is 10.1. The summed E-state index contributed by atoms with van der Waals surface area (Å²) in [5.74, 6) is 4.98. The third kappa shape index (κ3) is 7.61. The Hall–Kier alpha value is -4.31. The molecule has 0 bridgehead atoms. The number of aromatic nitrogens is 4. The Kier molecular flexibility index (Phi) is 8.55. The Morgan fingerprint density at radius 3 is 2.59 bits per heavy atom. The molecule has 0 atom stereocenters. The molecular formula is C26H28F3N7O3. The summed E-state index contributed by atoms with van der Waals surface area (Å²) in [7, 11) is 1.73. The van der Waals surface area contributed by atoms with E-state index in [0.717, 1.165) is 19.6 Å². The first-order valence-corrected chi connectivity index (χ1v) is 12.3. The van der Waals surface area contributed by atoms with Crippen molar-refractivity contribution in [2.75, 3.05) is 44.6 Å². The van der Waals surface area contributed by atoms with Gasteiger partial charge in [0, 0.05) is 64.4 Å². The van der Waals surface area contributed by atoms with Crippen LogP contribution in [0.15, 0.2) is 36.8 Å². The number of imidazole rings is 1. The molecule has 0 radical (unpaired) electrons. The molecule has 4 rings (SSSR count). The summed E-state index contributed by atoms with van der Waals surface area (Å²) in [6, 6.07) is 4.62. The van der Waals surface area contributed by atoms with E-state index in [2.05, 4.69) is 37.1 Å². The fraction of sp³-hybridized carbons (Fsp3) is 0.385. The Morgan fingerprint density at radius 1 is 1.18 bits per heavy atom. The largest absolute Gasteiger partial charge is 0.491 e. The van der Waals surface area contributed by atoms with E-state index in [9.17, 15) is 22.8 Å². The van der Waals surface area contributed by atoms with E-state index in [1.54, 1.807) is 37.0 Å². The van der Waals surface area contributed by atoms with Crippen LogP contribution >= 0.6 is 0 Å². The van der Waals surface area contributed by atoms with Crippen molar-refractivity contribution < 1.29 is 27.5 Å². The standard InChI is InChI=1S/C26H28F3N7O3/c1-18(37)36-11-9-35(10-12-36)8-3-13-39-22-6-5-20(25-30-16-23(33-25)26(27,28)29)14-21(22)32-24(38)7-4-19-15-31-34(2)17-19/h5-6,14-17H,3,8-13H2,1-2H3,(H,30,33)(H,32,38). The van der Waals surface area contributed by atoms with Gasteiger partial charge < -0.3 is 19.9 Å². The quantitative estimate of drug-likeness (QED) is 0.351. The first-order valence-electron chi connectivity index (χ1n) is 12.3. The van der Waals surface area contributed by atoms with Crippen molar-refractivity contribution in [2.24, 2.45) is 7.05 Å². The number of hydrogen-bond acceptors (Lipinski definition) is 6. The van der Waals surface area contributed by atoms with Crippen LogP contribution in [0, 0.1) is 11.8 Å². The van der Waals surface area contributed by atoms with Crippen LogP contribution in [0.25, 0.3) is 11.4 Å². The zero-order valence-electron chi connectivity index (χ0n) is 21.5. The van der Waals surface area contributed by atoms with Crippen LogP contribution in [-0.4, -0.2) is 80.7 Å². The fourth-order valence-electron chi connectivity index (χ4n) is 4.04. The predicted octanol–water partition coefficient (Wildman–Crippen LogP) is 2.75. The molecule has 206 valence electrons. The number of piperazine rings is 1. The van der Waals surface area contributed by atoms with Gasteiger partial charge in [0.25, 0.3) is 0 Å². The number of amides is 2. The molecule has 0 unspecified atom stereocenters. The number of nitrogens with zero attached hydrogens (tertiary/aromatic N) is 5. The second-order valence-electron chi connectivity index (χ2n) is 9.01. The third-order valence-corrected chi connectivity index (χ3v) is 6.10. The first kappa shape index (κ1) is 27.7. The maximum atomic E-state index is 13.0. The molecule has 1 aliphatic rings. The number of halogens is 3. The van der Waals surface area contributed by atoms with Crippen molar-refractivity contribution in [1.29, 1.82) is 0 Å². The molecule has 13 heteroatoms. The van der Waals surface area contributed by atoms with Crippen molar-refractivity contribution in [3.8, 4) is 29.0 Å². The van der Waals surface area contributed by atoms with E-state index in [0.29, 0.717) is 49.2 Å². The Morgan fingerprint density at radius 2 is 1.95 bits per heavy atom. The van der Waals surface area contributed by atoms with E-state index in [-0.39, 0.29) is 17.4 Å². The van der Waals surface area contributed by atoms with Crippen LogP contribution in [0.1, 0.15) is 24.6 Å². The topological polar surface area (TPSA) is 108 Å². The second-order valence-corrected chi connectivity index (χ2v) is 9.01. The average molecular weight is 544 g/mol. The first-order chi connectivity index (χ1) is 18.6. The molecule has 0 saturated carbocycles. The number of carbonyl (C=O) groups is 2. The zero-order valence-corrected chi connectivity index (χ0v) is 21.5. The molecule has 1 aliphatic heterocycles. The minimum absolute atomic E-state index is 0.00415. The van der Waals surface area contributed by atoms with Gasteiger partial charge in [-0.05, 0) is 24.6 Å².